The van der Waals surface area contributed by atoms with Gasteiger partial charge < -0.3 is 15.5 Å². The number of benzene rings is 2. The Balaban J connectivity index is 1.45. The van der Waals surface area contributed by atoms with Gasteiger partial charge in [-0.15, -0.1) is 0 Å². The lowest BCUT2D eigenvalue weighted by Gasteiger charge is -2.26. The smallest absolute Gasteiger partial charge is 0.255 e. The Kier molecular flexibility index (Phi) is 7.49. The first-order valence-electron chi connectivity index (χ1n) is 12.5. The number of aromatic nitrogens is 3. The molecule has 8 heteroatoms. The van der Waals surface area contributed by atoms with Crippen molar-refractivity contribution in [3.8, 4) is 5.69 Å². The van der Waals surface area contributed by atoms with E-state index in [1.807, 2.05) is 66.2 Å². The Labute approximate surface area is 216 Å². The maximum Gasteiger partial charge on any atom is 0.255 e. The van der Waals surface area contributed by atoms with E-state index >= 15 is 0 Å². The third kappa shape index (κ3) is 5.37. The number of piperidine rings is 1. The van der Waals surface area contributed by atoms with E-state index in [9.17, 15) is 4.79 Å². The Morgan fingerprint density at radius 1 is 1.03 bits per heavy atom. The predicted octanol–water partition coefficient (Wildman–Crippen LogP) is 5.21. The zero-order valence-corrected chi connectivity index (χ0v) is 21.3. The molecule has 36 heavy (non-hydrogen) atoms. The zero-order valence-electron chi connectivity index (χ0n) is 20.5. The lowest BCUT2D eigenvalue weighted by atomic mass is 10.1. The van der Waals surface area contributed by atoms with E-state index in [0.717, 1.165) is 47.7 Å². The number of amides is 1. The van der Waals surface area contributed by atoms with Gasteiger partial charge in [-0.1, -0.05) is 48.4 Å². The molecule has 3 heterocycles. The van der Waals surface area contributed by atoms with Crippen molar-refractivity contribution in [3.05, 3.63) is 82.6 Å². The summed E-state index contributed by atoms with van der Waals surface area (Å²) in [6.45, 7) is 6.18. The fourth-order valence-corrected chi connectivity index (χ4v) is 4.88. The molecule has 2 aromatic heterocycles. The van der Waals surface area contributed by atoms with Gasteiger partial charge in [0.05, 0.1) is 28.0 Å². The number of anilines is 1. The number of para-hydroxylation sites is 1. The van der Waals surface area contributed by atoms with Crippen LogP contribution < -0.4 is 10.6 Å². The van der Waals surface area contributed by atoms with Crippen molar-refractivity contribution in [1.82, 2.24) is 25.0 Å². The topological polar surface area (TPSA) is 75.1 Å². The van der Waals surface area contributed by atoms with E-state index in [4.69, 9.17) is 21.7 Å². The summed E-state index contributed by atoms with van der Waals surface area (Å²) in [6.07, 6.45) is 5.42. The van der Waals surface area contributed by atoms with Gasteiger partial charge in [-0.05, 0) is 62.7 Å². The summed E-state index contributed by atoms with van der Waals surface area (Å²) in [4.78, 5) is 20.5. The van der Waals surface area contributed by atoms with Crippen LogP contribution in [0.2, 0.25) is 5.02 Å². The van der Waals surface area contributed by atoms with Gasteiger partial charge in [0.1, 0.15) is 0 Å². The molecule has 0 atom stereocenters. The fraction of sp³-hybridized carbons (Fsp3) is 0.321. The first-order valence-corrected chi connectivity index (χ1v) is 12.9. The average molecular weight is 503 g/mol. The molecule has 0 unspecified atom stereocenters. The fourth-order valence-electron chi connectivity index (χ4n) is 4.76. The molecule has 1 amide bonds. The molecule has 1 fully saturated rings. The van der Waals surface area contributed by atoms with Crippen LogP contribution in [-0.2, 0) is 6.54 Å². The SMILES string of the molecule is Cc1nn(-c2ccccc2)c2ncc(C(=O)NCCN3CCCCC3)c(NCc3ccc(Cl)cc3)c12. The first kappa shape index (κ1) is 24.3. The molecule has 2 aromatic carbocycles. The highest BCUT2D eigenvalue weighted by Crippen LogP contribution is 2.31. The molecule has 0 saturated carbocycles. The second kappa shape index (κ2) is 11.1. The largest absolute Gasteiger partial charge is 0.380 e. The van der Waals surface area contributed by atoms with Gasteiger partial charge in [-0.3, -0.25) is 4.79 Å². The van der Waals surface area contributed by atoms with Crippen LogP contribution in [0.4, 0.5) is 5.69 Å². The number of nitrogens with one attached hydrogen (secondary N) is 2. The molecule has 2 N–H and O–H groups in total. The van der Waals surface area contributed by atoms with Crippen molar-refractivity contribution in [2.75, 3.05) is 31.5 Å². The van der Waals surface area contributed by atoms with E-state index in [1.165, 1.54) is 19.3 Å². The van der Waals surface area contributed by atoms with Gasteiger partial charge in [0.15, 0.2) is 5.65 Å². The summed E-state index contributed by atoms with van der Waals surface area (Å²) in [6, 6.07) is 17.6. The van der Waals surface area contributed by atoms with Crippen molar-refractivity contribution in [3.63, 3.8) is 0 Å². The van der Waals surface area contributed by atoms with Gasteiger partial charge in [-0.2, -0.15) is 5.10 Å². The number of rotatable bonds is 8. The Hall–Kier alpha value is -3.42. The number of pyridine rings is 1. The van der Waals surface area contributed by atoms with Gasteiger partial charge in [0, 0.05) is 30.9 Å². The van der Waals surface area contributed by atoms with Crippen LogP contribution in [0, 0.1) is 6.92 Å². The third-order valence-electron chi connectivity index (χ3n) is 6.66. The minimum atomic E-state index is -0.133. The summed E-state index contributed by atoms with van der Waals surface area (Å²) in [5.41, 5.74) is 4.76. The van der Waals surface area contributed by atoms with Crippen molar-refractivity contribution in [2.45, 2.75) is 32.7 Å². The number of aryl methyl sites for hydroxylation is 1. The number of hydrogen-bond acceptors (Lipinski definition) is 5. The van der Waals surface area contributed by atoms with Crippen molar-refractivity contribution < 1.29 is 4.79 Å². The number of halogens is 1. The molecular formula is C28H31ClN6O. The minimum Gasteiger partial charge on any atom is -0.380 e. The van der Waals surface area contributed by atoms with Gasteiger partial charge in [-0.25, -0.2) is 9.67 Å². The second-order valence-electron chi connectivity index (χ2n) is 9.22. The zero-order chi connectivity index (χ0) is 24.9. The van der Waals surface area contributed by atoms with Crippen molar-refractivity contribution in [2.24, 2.45) is 0 Å². The summed E-state index contributed by atoms with van der Waals surface area (Å²) in [5.74, 6) is -0.133. The highest BCUT2D eigenvalue weighted by atomic mass is 35.5. The highest BCUT2D eigenvalue weighted by Gasteiger charge is 2.21. The van der Waals surface area contributed by atoms with Crippen LogP contribution >= 0.6 is 11.6 Å². The lowest BCUT2D eigenvalue weighted by molar-refractivity contribution is 0.0947. The number of hydrogen-bond donors (Lipinski definition) is 2. The van der Waals surface area contributed by atoms with Gasteiger partial charge in [0.25, 0.3) is 5.91 Å². The molecule has 7 nitrogen and oxygen atoms in total. The Bertz CT molecular complexity index is 1330. The number of carbonyl (C=O) groups is 1. The van der Waals surface area contributed by atoms with Gasteiger partial charge >= 0.3 is 0 Å². The molecule has 0 spiro atoms. The summed E-state index contributed by atoms with van der Waals surface area (Å²) in [5, 5.41) is 12.9. The van der Waals surface area contributed by atoms with E-state index in [-0.39, 0.29) is 5.91 Å². The van der Waals surface area contributed by atoms with Crippen LogP contribution in [0.1, 0.15) is 40.9 Å². The summed E-state index contributed by atoms with van der Waals surface area (Å²) in [7, 11) is 0. The Morgan fingerprint density at radius 2 is 1.78 bits per heavy atom. The first-order chi connectivity index (χ1) is 17.6. The van der Waals surface area contributed by atoms with Crippen LogP contribution in [0.3, 0.4) is 0 Å². The molecule has 4 aromatic rings. The quantitative estimate of drug-likeness (QED) is 0.346. The molecule has 1 aliphatic heterocycles. The molecule has 0 radical (unpaired) electrons. The van der Waals surface area contributed by atoms with Crippen LogP contribution in [0.25, 0.3) is 16.7 Å². The van der Waals surface area contributed by atoms with Crippen LogP contribution in [0.15, 0.2) is 60.8 Å². The van der Waals surface area contributed by atoms with E-state index in [0.29, 0.717) is 29.3 Å². The number of fused-ring (bicyclic) bond motifs is 1. The number of nitrogens with zero attached hydrogens (tertiary/aromatic N) is 4. The van der Waals surface area contributed by atoms with Crippen LogP contribution in [-0.4, -0.2) is 51.8 Å². The standard InChI is InChI=1S/C28H31ClN6O/c1-20-25-26(31-18-21-10-12-22(29)13-11-21)24(28(36)30-14-17-34-15-6-3-7-16-34)19-32-27(25)35(33-20)23-8-4-2-5-9-23/h2,4-5,8-13,19H,3,6-7,14-18H2,1H3,(H,30,36)(H,31,32). The normalized spacial score (nSPS) is 14.2. The monoisotopic (exact) mass is 502 g/mol. The maximum atomic E-state index is 13.3. The maximum absolute atomic E-state index is 13.3. The predicted molar refractivity (Wildman–Crippen MR) is 145 cm³/mol. The number of carbonyl (C=O) groups excluding carboxylic acids is 1. The number of likely N-dealkylation sites (tertiary alicyclic amines) is 1. The molecule has 0 aliphatic carbocycles. The average Bonchev–Trinajstić information content (AvgIpc) is 3.26. The lowest BCUT2D eigenvalue weighted by Crippen LogP contribution is -2.37. The second-order valence-corrected chi connectivity index (χ2v) is 9.65. The molecule has 1 aliphatic rings. The molecule has 1 saturated heterocycles. The van der Waals surface area contributed by atoms with E-state index < -0.39 is 0 Å². The molecule has 0 bridgehead atoms. The highest BCUT2D eigenvalue weighted by molar-refractivity contribution is 6.30. The van der Waals surface area contributed by atoms with E-state index in [1.54, 1.807) is 6.20 Å². The molecular weight excluding hydrogens is 472 g/mol. The van der Waals surface area contributed by atoms with Crippen LogP contribution in [0.5, 0.6) is 0 Å². The van der Waals surface area contributed by atoms with Crippen molar-refractivity contribution in [1.29, 1.82) is 0 Å². The third-order valence-corrected chi connectivity index (χ3v) is 6.91. The summed E-state index contributed by atoms with van der Waals surface area (Å²) < 4.78 is 1.83. The molecule has 186 valence electrons. The Morgan fingerprint density at radius 3 is 2.53 bits per heavy atom. The molecule has 5 rings (SSSR count). The van der Waals surface area contributed by atoms with Crippen molar-refractivity contribution >= 4 is 34.2 Å². The minimum absolute atomic E-state index is 0.133. The van der Waals surface area contributed by atoms with Gasteiger partial charge in [0.2, 0.25) is 0 Å². The van der Waals surface area contributed by atoms with E-state index in [2.05, 4.69) is 15.5 Å². The summed E-state index contributed by atoms with van der Waals surface area (Å²) >= 11 is 6.06.